The van der Waals surface area contributed by atoms with Gasteiger partial charge in [-0.3, -0.25) is 0 Å². The van der Waals surface area contributed by atoms with Crippen molar-refractivity contribution in [1.29, 1.82) is 0 Å². The Morgan fingerprint density at radius 1 is 1.19 bits per heavy atom. The van der Waals surface area contributed by atoms with Gasteiger partial charge in [0, 0.05) is 19.8 Å². The lowest BCUT2D eigenvalue weighted by Gasteiger charge is -2.15. The van der Waals surface area contributed by atoms with Crippen LogP contribution in [0.2, 0.25) is 0 Å². The van der Waals surface area contributed by atoms with Crippen LogP contribution in [0, 0.1) is 0 Å². The van der Waals surface area contributed by atoms with E-state index in [-0.39, 0.29) is 0 Å². The van der Waals surface area contributed by atoms with Crippen molar-refractivity contribution in [2.24, 2.45) is 0 Å². The van der Waals surface area contributed by atoms with E-state index in [1.807, 2.05) is 0 Å². The van der Waals surface area contributed by atoms with Gasteiger partial charge in [-0.2, -0.15) is 13.2 Å². The van der Waals surface area contributed by atoms with E-state index in [4.69, 9.17) is 9.47 Å². The van der Waals surface area contributed by atoms with Crippen LogP contribution >= 0.6 is 0 Å². The maximum absolute atomic E-state index is 11.9. The monoisotopic (exact) mass is 243 g/mol. The molecule has 1 unspecified atom stereocenters. The highest BCUT2D eigenvalue weighted by Crippen LogP contribution is 2.21. The fourth-order valence-electron chi connectivity index (χ4n) is 1.19. The van der Waals surface area contributed by atoms with E-state index in [1.54, 1.807) is 7.11 Å². The Morgan fingerprint density at radius 2 is 1.88 bits per heavy atom. The van der Waals surface area contributed by atoms with Gasteiger partial charge >= 0.3 is 6.18 Å². The van der Waals surface area contributed by atoms with Gasteiger partial charge in [-0.15, -0.1) is 0 Å². The summed E-state index contributed by atoms with van der Waals surface area (Å²) in [5, 5.41) is 2.80. The van der Waals surface area contributed by atoms with Gasteiger partial charge in [-0.05, 0) is 19.9 Å². The Balaban J connectivity index is 3.25. The maximum Gasteiger partial charge on any atom is 0.390 e. The molecule has 0 rings (SSSR count). The van der Waals surface area contributed by atoms with Crippen molar-refractivity contribution in [2.75, 3.05) is 33.5 Å². The van der Waals surface area contributed by atoms with Gasteiger partial charge in [-0.25, -0.2) is 0 Å². The minimum Gasteiger partial charge on any atom is -0.382 e. The predicted molar refractivity (Wildman–Crippen MR) is 55.4 cm³/mol. The zero-order chi connectivity index (χ0) is 12.4. The summed E-state index contributed by atoms with van der Waals surface area (Å²) in [6.07, 6.45) is -4.19. The number of alkyl halides is 3. The summed E-state index contributed by atoms with van der Waals surface area (Å²) >= 11 is 0. The van der Waals surface area contributed by atoms with Gasteiger partial charge in [0.15, 0.2) is 0 Å². The van der Waals surface area contributed by atoms with Crippen LogP contribution in [0.15, 0.2) is 0 Å². The Hall–Kier alpha value is -0.330. The highest BCUT2D eigenvalue weighted by atomic mass is 19.4. The Morgan fingerprint density at radius 3 is 2.44 bits per heavy atom. The topological polar surface area (TPSA) is 30.5 Å². The molecule has 6 heteroatoms. The van der Waals surface area contributed by atoms with Crippen molar-refractivity contribution in [1.82, 2.24) is 5.32 Å². The first kappa shape index (κ1) is 15.7. The van der Waals surface area contributed by atoms with Crippen LogP contribution < -0.4 is 5.32 Å². The quantitative estimate of drug-likeness (QED) is 0.628. The Labute approximate surface area is 94.3 Å². The van der Waals surface area contributed by atoms with Gasteiger partial charge in [0.2, 0.25) is 0 Å². The molecule has 98 valence electrons. The Kier molecular flexibility index (Phi) is 8.60. The van der Waals surface area contributed by atoms with Crippen LogP contribution in [-0.4, -0.2) is 45.7 Å². The number of halogens is 3. The number of hydrogen-bond acceptors (Lipinski definition) is 3. The van der Waals surface area contributed by atoms with Gasteiger partial charge in [-0.1, -0.05) is 0 Å². The second-order valence-electron chi connectivity index (χ2n) is 3.63. The van der Waals surface area contributed by atoms with Crippen LogP contribution in [0.1, 0.15) is 19.8 Å². The summed E-state index contributed by atoms with van der Waals surface area (Å²) in [6, 6.07) is -0.543. The summed E-state index contributed by atoms with van der Waals surface area (Å²) in [7, 11) is 1.59. The number of hydrogen-bond donors (Lipinski definition) is 1. The third-order valence-electron chi connectivity index (χ3n) is 1.93. The third kappa shape index (κ3) is 11.7. The predicted octanol–water partition coefficient (Wildman–Crippen LogP) is 1.97. The molecule has 0 aliphatic carbocycles. The fraction of sp³-hybridized carbons (Fsp3) is 1.00. The first-order chi connectivity index (χ1) is 7.45. The standard InChI is InChI=1S/C10H20F3NO2/c1-9(8-10(11,12)13)14-4-3-5-16-7-6-15-2/h9,14H,3-8H2,1-2H3. The molecule has 1 N–H and O–H groups in total. The lowest BCUT2D eigenvalue weighted by atomic mass is 10.2. The van der Waals surface area contributed by atoms with Crippen molar-refractivity contribution in [3.05, 3.63) is 0 Å². The highest BCUT2D eigenvalue weighted by molar-refractivity contribution is 4.65. The summed E-state index contributed by atoms with van der Waals surface area (Å²) in [5.41, 5.74) is 0. The molecule has 0 spiro atoms. The van der Waals surface area contributed by atoms with Gasteiger partial charge < -0.3 is 14.8 Å². The molecular formula is C10H20F3NO2. The van der Waals surface area contributed by atoms with Gasteiger partial charge in [0.1, 0.15) is 0 Å². The van der Waals surface area contributed by atoms with Crippen LogP contribution in [0.5, 0.6) is 0 Å². The average molecular weight is 243 g/mol. The van der Waals surface area contributed by atoms with E-state index >= 15 is 0 Å². The average Bonchev–Trinajstić information content (AvgIpc) is 2.13. The van der Waals surface area contributed by atoms with Crippen molar-refractivity contribution in [3.8, 4) is 0 Å². The molecule has 0 aliphatic heterocycles. The highest BCUT2D eigenvalue weighted by Gasteiger charge is 2.29. The fourth-order valence-corrected chi connectivity index (χ4v) is 1.19. The second kappa shape index (κ2) is 8.78. The molecule has 16 heavy (non-hydrogen) atoms. The van der Waals surface area contributed by atoms with Crippen molar-refractivity contribution in [3.63, 3.8) is 0 Å². The van der Waals surface area contributed by atoms with E-state index < -0.39 is 18.6 Å². The summed E-state index contributed by atoms with van der Waals surface area (Å²) in [4.78, 5) is 0. The molecule has 0 saturated heterocycles. The smallest absolute Gasteiger partial charge is 0.382 e. The normalized spacial score (nSPS) is 14.1. The SMILES string of the molecule is COCCOCCCNC(C)CC(F)(F)F. The van der Waals surface area contributed by atoms with Crippen molar-refractivity contribution in [2.45, 2.75) is 32.0 Å². The first-order valence-corrected chi connectivity index (χ1v) is 5.32. The van der Waals surface area contributed by atoms with E-state index in [1.165, 1.54) is 6.92 Å². The molecule has 0 amide bonds. The third-order valence-corrected chi connectivity index (χ3v) is 1.93. The molecule has 0 fully saturated rings. The molecule has 0 radical (unpaired) electrons. The molecule has 0 saturated carbocycles. The molecule has 0 bridgehead atoms. The molecule has 0 aromatic rings. The molecule has 3 nitrogen and oxygen atoms in total. The first-order valence-electron chi connectivity index (χ1n) is 5.32. The maximum atomic E-state index is 11.9. The molecule has 0 aliphatic rings. The van der Waals surface area contributed by atoms with E-state index in [2.05, 4.69) is 5.32 Å². The molecule has 0 aromatic carbocycles. The largest absolute Gasteiger partial charge is 0.390 e. The minimum absolute atomic E-state index is 0.522. The summed E-state index contributed by atoms with van der Waals surface area (Å²) in [5.74, 6) is 0. The Bertz CT molecular complexity index is 165. The number of methoxy groups -OCH3 is 1. The number of ether oxygens (including phenoxy) is 2. The van der Waals surface area contributed by atoms with E-state index in [0.717, 1.165) is 0 Å². The van der Waals surface area contributed by atoms with Crippen LogP contribution in [0.25, 0.3) is 0 Å². The molecule has 0 heterocycles. The van der Waals surface area contributed by atoms with E-state index in [9.17, 15) is 13.2 Å². The molecule has 1 atom stereocenters. The van der Waals surface area contributed by atoms with E-state index in [0.29, 0.717) is 32.8 Å². The zero-order valence-corrected chi connectivity index (χ0v) is 9.77. The number of rotatable bonds is 9. The lowest BCUT2D eigenvalue weighted by Crippen LogP contribution is -2.32. The van der Waals surface area contributed by atoms with Crippen LogP contribution in [0.3, 0.4) is 0 Å². The second-order valence-corrected chi connectivity index (χ2v) is 3.63. The van der Waals surface area contributed by atoms with Crippen molar-refractivity contribution >= 4 is 0 Å². The molecular weight excluding hydrogens is 223 g/mol. The van der Waals surface area contributed by atoms with Gasteiger partial charge in [0.25, 0.3) is 0 Å². The van der Waals surface area contributed by atoms with Crippen molar-refractivity contribution < 1.29 is 22.6 Å². The minimum atomic E-state index is -4.10. The lowest BCUT2D eigenvalue weighted by molar-refractivity contribution is -0.139. The van der Waals surface area contributed by atoms with Crippen LogP contribution in [0.4, 0.5) is 13.2 Å². The number of nitrogens with one attached hydrogen (secondary N) is 1. The van der Waals surface area contributed by atoms with Gasteiger partial charge in [0.05, 0.1) is 19.6 Å². The zero-order valence-electron chi connectivity index (χ0n) is 9.77. The van der Waals surface area contributed by atoms with Crippen LogP contribution in [-0.2, 0) is 9.47 Å². The summed E-state index contributed by atoms with van der Waals surface area (Å²) in [6.45, 7) is 3.66. The summed E-state index contributed by atoms with van der Waals surface area (Å²) < 4.78 is 45.8. The molecule has 0 aromatic heterocycles.